The van der Waals surface area contributed by atoms with E-state index in [4.69, 9.17) is 18.9 Å². The molecule has 0 amide bonds. The Morgan fingerprint density at radius 2 is 1.36 bits per heavy atom. The summed E-state index contributed by atoms with van der Waals surface area (Å²) >= 11 is 0. The van der Waals surface area contributed by atoms with Gasteiger partial charge in [-0.05, 0) is 90.2 Å². The van der Waals surface area contributed by atoms with E-state index < -0.39 is 0 Å². The molecule has 13 nitrogen and oxygen atoms in total. The molecule has 0 fully saturated rings. The third-order valence-corrected chi connectivity index (χ3v) is 9.99. The zero-order valence-corrected chi connectivity index (χ0v) is 32.7. The van der Waals surface area contributed by atoms with Gasteiger partial charge < -0.3 is 73.4 Å². The summed E-state index contributed by atoms with van der Waals surface area (Å²) in [6, 6.07) is 19.9. The van der Waals surface area contributed by atoms with Crippen molar-refractivity contribution < 1.29 is 73.4 Å². The number of phenolic OH excluding ortho intramolecular Hbond substituents is 2. The number of fused-ring (bicyclic) bond motifs is 2. The van der Waals surface area contributed by atoms with Crippen molar-refractivity contribution >= 4 is 24.8 Å². The van der Waals surface area contributed by atoms with Crippen LogP contribution in [0, 0.1) is 0 Å². The first-order chi connectivity index (χ1) is 21.6. The lowest BCUT2D eigenvalue weighted by atomic mass is 9.86. The Morgan fingerprint density at radius 1 is 0.736 bits per heavy atom. The molecule has 6 bridgehead atoms. The summed E-state index contributed by atoms with van der Waals surface area (Å²) in [5.74, 6) is 3.14. The third-order valence-electron chi connectivity index (χ3n) is 9.99. The van der Waals surface area contributed by atoms with E-state index in [1.807, 2.05) is 30.3 Å². The van der Waals surface area contributed by atoms with Gasteiger partial charge in [0, 0.05) is 25.4 Å². The highest BCUT2D eigenvalue weighted by Gasteiger charge is 2.41. The molecular formula is C37H53Cl3N2O11. The van der Waals surface area contributed by atoms with Crippen molar-refractivity contribution in [3.8, 4) is 46.0 Å². The van der Waals surface area contributed by atoms with E-state index in [0.717, 1.165) is 49.0 Å². The largest absolute Gasteiger partial charge is 1.00 e. The molecule has 0 saturated heterocycles. The van der Waals surface area contributed by atoms with Crippen molar-refractivity contribution in [2.45, 2.75) is 37.8 Å². The van der Waals surface area contributed by atoms with E-state index in [2.05, 4.69) is 50.3 Å². The fourth-order valence-corrected chi connectivity index (χ4v) is 7.27. The van der Waals surface area contributed by atoms with Gasteiger partial charge >= 0.3 is 0 Å². The molecule has 0 aromatic heterocycles. The van der Waals surface area contributed by atoms with Crippen LogP contribution < -0.4 is 31.4 Å². The molecule has 2 atom stereocenters. The number of aromatic hydroxyl groups is 2. The van der Waals surface area contributed by atoms with Crippen LogP contribution in [0.2, 0.25) is 0 Å². The number of quaternary nitrogens is 1. The van der Waals surface area contributed by atoms with E-state index in [0.29, 0.717) is 45.4 Å². The van der Waals surface area contributed by atoms with Gasteiger partial charge in [-0.25, -0.2) is 0 Å². The third kappa shape index (κ3) is 9.51. The number of likely N-dealkylation sites (N-methyl/N-ethyl adjacent to an activating group) is 2. The molecule has 16 heteroatoms. The fraction of sp³-hybridized carbons (Fsp3) is 0.351. The molecule has 298 valence electrons. The van der Waals surface area contributed by atoms with Crippen LogP contribution in [-0.2, 0) is 25.7 Å². The number of phenols is 2. The second-order valence-electron chi connectivity index (χ2n) is 13.1. The number of hydrogen-bond acceptors (Lipinski definition) is 7. The first-order valence-corrected chi connectivity index (χ1v) is 15.6. The minimum Gasteiger partial charge on any atom is -1.00 e. The minimum absolute atomic E-state index is 0. The second-order valence-corrected chi connectivity index (χ2v) is 13.1. The first kappa shape index (κ1) is 51.4. The van der Waals surface area contributed by atoms with Gasteiger partial charge in [0.2, 0.25) is 5.75 Å². The number of hydrogen-bond donors (Lipinski definition) is 2. The van der Waals surface area contributed by atoms with E-state index in [1.165, 1.54) is 16.7 Å². The van der Waals surface area contributed by atoms with Crippen LogP contribution in [0.4, 0.5) is 0 Å². The molecule has 0 saturated carbocycles. The molecule has 4 heterocycles. The lowest BCUT2D eigenvalue weighted by Gasteiger charge is -2.43. The van der Waals surface area contributed by atoms with Crippen LogP contribution in [0.1, 0.15) is 45.5 Å². The van der Waals surface area contributed by atoms with Crippen LogP contribution in [-0.4, -0.2) is 95.4 Å². The lowest BCUT2D eigenvalue weighted by molar-refractivity contribution is -0.923. The Balaban J connectivity index is 0. The maximum absolute atomic E-state index is 11.5. The van der Waals surface area contributed by atoms with Crippen molar-refractivity contribution in [3.05, 3.63) is 94.0 Å². The van der Waals surface area contributed by atoms with Crippen LogP contribution >= 0.6 is 24.8 Å². The first-order valence-electron chi connectivity index (χ1n) is 15.6. The zero-order chi connectivity index (χ0) is 31.5. The number of nitrogens with zero attached hydrogens (tertiary/aromatic N) is 2. The van der Waals surface area contributed by atoms with Crippen molar-refractivity contribution in [3.63, 3.8) is 0 Å². The molecule has 8 rings (SSSR count). The monoisotopic (exact) mass is 806 g/mol. The van der Waals surface area contributed by atoms with Gasteiger partial charge in [0.05, 0.1) is 40.4 Å². The molecule has 53 heavy (non-hydrogen) atoms. The maximum atomic E-state index is 11.5. The van der Waals surface area contributed by atoms with E-state index in [9.17, 15) is 10.2 Å². The highest BCUT2D eigenvalue weighted by molar-refractivity contribution is 5.85. The number of halogens is 3. The molecule has 12 N–H and O–H groups in total. The second kappa shape index (κ2) is 20.1. The van der Waals surface area contributed by atoms with Crippen LogP contribution in [0.25, 0.3) is 0 Å². The van der Waals surface area contributed by atoms with E-state index in [1.54, 1.807) is 20.3 Å². The number of benzene rings is 4. The Kier molecular flexibility index (Phi) is 19.5. The van der Waals surface area contributed by atoms with Crippen LogP contribution in [0.3, 0.4) is 0 Å². The SMILES string of the molecule is COc1cc2c3cc1Oc1cc(ccc1O)C[C@@H]1c4c(cc(OC)c(O)c4Oc4ccc(cc4)C[C@@H]3N(C)CC2)CC[N+]1(C)C.Cl.Cl.O.O.O.O.O.[Cl-]. The lowest BCUT2D eigenvalue weighted by Crippen LogP contribution is -3.00. The molecule has 0 unspecified atom stereocenters. The zero-order valence-electron chi connectivity index (χ0n) is 30.3. The highest BCUT2D eigenvalue weighted by atomic mass is 35.5. The number of rotatable bonds is 2. The van der Waals surface area contributed by atoms with E-state index in [-0.39, 0.29) is 88.2 Å². The average Bonchev–Trinajstić information content (AvgIpc) is 3.03. The van der Waals surface area contributed by atoms with Gasteiger partial charge in [-0.2, -0.15) is 0 Å². The summed E-state index contributed by atoms with van der Waals surface area (Å²) in [5.41, 5.74) is 6.66. The smallest absolute Gasteiger partial charge is 0.201 e. The Bertz CT molecular complexity index is 1800. The summed E-state index contributed by atoms with van der Waals surface area (Å²) in [7, 11) is 9.80. The van der Waals surface area contributed by atoms with Crippen LogP contribution in [0.15, 0.2) is 60.7 Å². The predicted molar refractivity (Wildman–Crippen MR) is 205 cm³/mol. The van der Waals surface area contributed by atoms with E-state index >= 15 is 0 Å². The molecule has 4 aromatic carbocycles. The number of methoxy groups -OCH3 is 2. The van der Waals surface area contributed by atoms with Gasteiger partial charge in [0.25, 0.3) is 0 Å². The Hall–Kier alpha value is -3.73. The van der Waals surface area contributed by atoms with Crippen molar-refractivity contribution in [2.75, 3.05) is 48.5 Å². The van der Waals surface area contributed by atoms with Gasteiger partial charge in [-0.15, -0.1) is 24.8 Å². The topological polar surface area (TPSA) is 238 Å². The van der Waals surface area contributed by atoms with Crippen LogP contribution in [0.5, 0.6) is 46.0 Å². The number of ether oxygens (including phenoxy) is 4. The fourth-order valence-electron chi connectivity index (χ4n) is 7.27. The molecule has 0 aliphatic carbocycles. The summed E-state index contributed by atoms with van der Waals surface area (Å²) in [5, 5.41) is 22.4. The predicted octanol–water partition coefficient (Wildman–Crippen LogP) is 0.425. The maximum Gasteiger partial charge on any atom is 0.201 e. The Labute approximate surface area is 328 Å². The molecule has 4 aliphatic heterocycles. The van der Waals surface area contributed by atoms with Gasteiger partial charge in [-0.3, -0.25) is 4.90 Å². The molecule has 0 radical (unpaired) electrons. The minimum atomic E-state index is -0.0503. The summed E-state index contributed by atoms with van der Waals surface area (Å²) in [6.07, 6.45) is 3.16. The summed E-state index contributed by atoms with van der Waals surface area (Å²) < 4.78 is 25.2. The normalized spacial score (nSPS) is 17.2. The van der Waals surface area contributed by atoms with Gasteiger partial charge in [0.1, 0.15) is 11.8 Å². The summed E-state index contributed by atoms with van der Waals surface area (Å²) in [4.78, 5) is 2.38. The summed E-state index contributed by atoms with van der Waals surface area (Å²) in [6.45, 7) is 1.84. The molecular weight excluding hydrogens is 755 g/mol. The Morgan fingerprint density at radius 3 is 2.00 bits per heavy atom. The standard InChI is InChI=1S/C37H40N2O6.3ClH.5H2O/c1-38-14-12-24-19-32(42-4)33-21-27(24)28(38)16-22-6-9-26(10-7-22)44-37-35-25(20-34(43-5)36(37)41)13-15-39(2,3)29(35)17-23-8-11-30(40)31(18-23)45-33;;;;;;;;/h6-11,18-21,28-29H,12-17H2,1-5H3,(H-,40,41);3*1H;5*1H2/t28-,29+;;;;;;;;/m0......../s1. The quantitative estimate of drug-likeness (QED) is 0.271. The molecule has 0 spiro atoms. The van der Waals surface area contributed by atoms with Gasteiger partial charge in [0.15, 0.2) is 34.5 Å². The van der Waals surface area contributed by atoms with Crippen molar-refractivity contribution in [1.29, 1.82) is 0 Å². The molecule has 4 aliphatic rings. The van der Waals surface area contributed by atoms with Crippen molar-refractivity contribution in [1.82, 2.24) is 4.90 Å². The van der Waals surface area contributed by atoms with Crippen molar-refractivity contribution in [2.24, 2.45) is 0 Å². The average molecular weight is 808 g/mol. The molecule has 4 aromatic rings. The van der Waals surface area contributed by atoms with Gasteiger partial charge in [-0.1, -0.05) is 18.2 Å². The highest BCUT2D eigenvalue weighted by Crippen LogP contribution is 2.51.